The maximum atomic E-state index is 13.5. The van der Waals surface area contributed by atoms with E-state index in [-0.39, 0.29) is 17.6 Å². The standard InChI is InChI=1S/C25H21ClN2O2/c1-14(2)17-9-5-6-15-10-20(27-24(15)17)25(30)28-13-16(12-26)23-19-8-4-3-7-18(19)22(29)11-21(23)28/h3-11,16,27,29H,1,12-13H2,2H3. The molecule has 1 unspecified atom stereocenters. The highest BCUT2D eigenvalue weighted by Gasteiger charge is 2.35. The molecule has 1 amide bonds. The fraction of sp³-hybridized carbons (Fsp3) is 0.160. The number of carbonyl (C=O) groups is 1. The largest absolute Gasteiger partial charge is 0.507 e. The third-order valence-corrected chi connectivity index (χ3v) is 6.29. The zero-order valence-corrected chi connectivity index (χ0v) is 17.3. The number of anilines is 1. The van der Waals surface area contributed by atoms with E-state index in [0.717, 1.165) is 44.1 Å². The van der Waals surface area contributed by atoms with E-state index in [1.54, 1.807) is 11.0 Å². The summed E-state index contributed by atoms with van der Waals surface area (Å²) in [6.45, 7) is 6.47. The van der Waals surface area contributed by atoms with Crippen molar-refractivity contribution in [2.75, 3.05) is 17.3 Å². The van der Waals surface area contributed by atoms with Crippen LogP contribution in [0.2, 0.25) is 0 Å². The number of fused-ring (bicyclic) bond motifs is 4. The minimum atomic E-state index is -0.137. The average Bonchev–Trinajstić information content (AvgIpc) is 3.34. The second kappa shape index (κ2) is 6.92. The summed E-state index contributed by atoms with van der Waals surface area (Å²) >= 11 is 6.29. The third-order valence-electron chi connectivity index (χ3n) is 5.92. The van der Waals surface area contributed by atoms with Gasteiger partial charge in [-0.3, -0.25) is 4.79 Å². The van der Waals surface area contributed by atoms with E-state index in [9.17, 15) is 9.90 Å². The molecular formula is C25H21ClN2O2. The van der Waals surface area contributed by atoms with E-state index in [1.165, 1.54) is 0 Å². The van der Waals surface area contributed by atoms with Crippen molar-refractivity contribution in [3.63, 3.8) is 0 Å². The van der Waals surface area contributed by atoms with Crippen LogP contribution in [-0.2, 0) is 0 Å². The normalized spacial score (nSPS) is 15.7. The molecule has 4 aromatic rings. The molecule has 0 fully saturated rings. The van der Waals surface area contributed by atoms with Gasteiger partial charge >= 0.3 is 0 Å². The Bertz CT molecular complexity index is 1340. The van der Waals surface area contributed by atoms with Crippen molar-refractivity contribution in [3.05, 3.63) is 78.0 Å². The second-order valence-corrected chi connectivity index (χ2v) is 8.18. The van der Waals surface area contributed by atoms with Gasteiger partial charge < -0.3 is 15.0 Å². The lowest BCUT2D eigenvalue weighted by molar-refractivity contribution is 0.0984. The van der Waals surface area contributed by atoms with Gasteiger partial charge in [0.15, 0.2) is 0 Å². The number of nitrogens with one attached hydrogen (secondary N) is 1. The molecule has 30 heavy (non-hydrogen) atoms. The number of phenols is 1. The minimum absolute atomic E-state index is 0.00600. The molecule has 2 N–H and O–H groups in total. The molecule has 1 aromatic heterocycles. The number of hydrogen-bond acceptors (Lipinski definition) is 2. The molecule has 0 aliphatic carbocycles. The summed E-state index contributed by atoms with van der Waals surface area (Å²) in [7, 11) is 0. The summed E-state index contributed by atoms with van der Waals surface area (Å²) in [4.78, 5) is 18.5. The zero-order chi connectivity index (χ0) is 21.0. The number of aromatic nitrogens is 1. The fourth-order valence-corrected chi connectivity index (χ4v) is 4.77. The summed E-state index contributed by atoms with van der Waals surface area (Å²) in [5, 5.41) is 13.3. The molecule has 5 heteroatoms. The first-order valence-electron chi connectivity index (χ1n) is 9.89. The molecule has 0 saturated heterocycles. The number of alkyl halides is 1. The lowest BCUT2D eigenvalue weighted by atomic mass is 9.95. The molecule has 1 atom stereocenters. The van der Waals surface area contributed by atoms with Crippen LogP contribution in [0, 0.1) is 0 Å². The number of aromatic amines is 1. The van der Waals surface area contributed by atoms with Crippen molar-refractivity contribution in [2.45, 2.75) is 12.8 Å². The highest BCUT2D eigenvalue weighted by Crippen LogP contribution is 2.45. The highest BCUT2D eigenvalue weighted by atomic mass is 35.5. The van der Waals surface area contributed by atoms with E-state index >= 15 is 0 Å². The van der Waals surface area contributed by atoms with Gasteiger partial charge in [-0.25, -0.2) is 0 Å². The SMILES string of the molecule is C=C(C)c1cccc2cc(C(=O)N3CC(CCl)c4c3cc(O)c3ccccc43)[nH]c12. The average molecular weight is 417 g/mol. The van der Waals surface area contributed by atoms with Crippen molar-refractivity contribution >= 4 is 50.4 Å². The number of carbonyl (C=O) groups excluding carboxylic acids is 1. The number of benzene rings is 3. The predicted molar refractivity (Wildman–Crippen MR) is 124 cm³/mol. The van der Waals surface area contributed by atoms with Gasteiger partial charge in [-0.05, 0) is 29.5 Å². The number of aromatic hydroxyl groups is 1. The van der Waals surface area contributed by atoms with Crippen LogP contribution in [0.25, 0.3) is 27.2 Å². The molecule has 0 saturated carbocycles. The first-order valence-corrected chi connectivity index (χ1v) is 10.4. The quantitative estimate of drug-likeness (QED) is 0.400. The Hall–Kier alpha value is -3.24. The topological polar surface area (TPSA) is 56.3 Å². The number of halogens is 1. The van der Waals surface area contributed by atoms with Crippen LogP contribution in [0.1, 0.15) is 34.5 Å². The number of amides is 1. The van der Waals surface area contributed by atoms with E-state index in [0.29, 0.717) is 18.1 Å². The maximum absolute atomic E-state index is 13.5. The Labute approximate surface area is 179 Å². The van der Waals surface area contributed by atoms with Crippen molar-refractivity contribution in [3.8, 4) is 5.75 Å². The number of H-pyrrole nitrogens is 1. The summed E-state index contributed by atoms with van der Waals surface area (Å²) in [5.41, 5.74) is 5.09. The summed E-state index contributed by atoms with van der Waals surface area (Å²) < 4.78 is 0. The van der Waals surface area contributed by atoms with E-state index < -0.39 is 0 Å². The van der Waals surface area contributed by atoms with Crippen LogP contribution in [0.3, 0.4) is 0 Å². The van der Waals surface area contributed by atoms with E-state index in [2.05, 4.69) is 11.6 Å². The van der Waals surface area contributed by atoms with Gasteiger partial charge in [-0.15, -0.1) is 11.6 Å². The van der Waals surface area contributed by atoms with Crippen LogP contribution in [-0.4, -0.2) is 28.4 Å². The molecular weight excluding hydrogens is 396 g/mol. The van der Waals surface area contributed by atoms with Gasteiger partial charge in [-0.1, -0.05) is 49.0 Å². The van der Waals surface area contributed by atoms with Crippen LogP contribution < -0.4 is 4.90 Å². The van der Waals surface area contributed by atoms with Gasteiger partial charge in [-0.2, -0.15) is 0 Å². The summed E-state index contributed by atoms with van der Waals surface area (Å²) in [5.74, 6) is 0.436. The predicted octanol–water partition coefficient (Wildman–Crippen LogP) is 6.04. The number of para-hydroxylation sites is 1. The van der Waals surface area contributed by atoms with Gasteiger partial charge in [0.2, 0.25) is 0 Å². The third kappa shape index (κ3) is 2.71. The number of phenolic OH excluding ortho intramolecular Hbond substituents is 1. The first-order chi connectivity index (χ1) is 14.5. The van der Waals surface area contributed by atoms with Crippen LogP contribution in [0.5, 0.6) is 5.75 Å². The highest BCUT2D eigenvalue weighted by molar-refractivity contribution is 6.19. The summed E-state index contributed by atoms with van der Waals surface area (Å²) in [6, 6.07) is 17.2. The fourth-order valence-electron chi connectivity index (χ4n) is 4.52. The molecule has 2 heterocycles. The van der Waals surface area contributed by atoms with E-state index in [1.807, 2.05) is 55.5 Å². The molecule has 3 aromatic carbocycles. The molecule has 4 nitrogen and oxygen atoms in total. The molecule has 0 spiro atoms. The van der Waals surface area contributed by atoms with Crippen LogP contribution in [0.4, 0.5) is 5.69 Å². The lowest BCUT2D eigenvalue weighted by Crippen LogP contribution is -2.30. The number of allylic oxidation sites excluding steroid dienone is 1. The summed E-state index contributed by atoms with van der Waals surface area (Å²) in [6.07, 6.45) is 0. The molecule has 1 aliphatic rings. The van der Waals surface area contributed by atoms with Gasteiger partial charge in [0.05, 0.1) is 11.2 Å². The molecule has 5 rings (SSSR count). The zero-order valence-electron chi connectivity index (χ0n) is 16.6. The maximum Gasteiger partial charge on any atom is 0.274 e. The van der Waals surface area contributed by atoms with E-state index in [4.69, 9.17) is 11.6 Å². The van der Waals surface area contributed by atoms with Crippen molar-refractivity contribution < 1.29 is 9.90 Å². The Kier molecular flexibility index (Phi) is 4.33. The monoisotopic (exact) mass is 416 g/mol. The molecule has 0 radical (unpaired) electrons. The second-order valence-electron chi connectivity index (χ2n) is 7.87. The van der Waals surface area contributed by atoms with Gasteiger partial charge in [0.1, 0.15) is 11.4 Å². The van der Waals surface area contributed by atoms with Crippen LogP contribution >= 0.6 is 11.6 Å². The lowest BCUT2D eigenvalue weighted by Gasteiger charge is -2.17. The Morgan fingerprint density at radius 3 is 2.70 bits per heavy atom. The number of rotatable bonds is 3. The first kappa shape index (κ1) is 18.8. The van der Waals surface area contributed by atoms with Gasteiger partial charge in [0, 0.05) is 40.7 Å². The smallest absolute Gasteiger partial charge is 0.274 e. The number of hydrogen-bond donors (Lipinski definition) is 2. The Balaban J connectivity index is 1.65. The Morgan fingerprint density at radius 2 is 1.97 bits per heavy atom. The molecule has 1 aliphatic heterocycles. The van der Waals surface area contributed by atoms with Crippen molar-refractivity contribution in [2.24, 2.45) is 0 Å². The van der Waals surface area contributed by atoms with Gasteiger partial charge in [0.25, 0.3) is 5.91 Å². The molecule has 150 valence electrons. The molecule has 0 bridgehead atoms. The minimum Gasteiger partial charge on any atom is -0.507 e. The van der Waals surface area contributed by atoms with Crippen molar-refractivity contribution in [1.82, 2.24) is 4.98 Å². The Morgan fingerprint density at radius 1 is 1.20 bits per heavy atom. The van der Waals surface area contributed by atoms with Crippen molar-refractivity contribution in [1.29, 1.82) is 0 Å². The number of nitrogens with zero attached hydrogens (tertiary/aromatic N) is 1. The van der Waals surface area contributed by atoms with Crippen LogP contribution in [0.15, 0.2) is 61.2 Å².